The van der Waals surface area contributed by atoms with Gasteiger partial charge in [0.25, 0.3) is 0 Å². The summed E-state index contributed by atoms with van der Waals surface area (Å²) in [5.74, 6) is 0. The summed E-state index contributed by atoms with van der Waals surface area (Å²) < 4.78 is 0. The van der Waals surface area contributed by atoms with Crippen LogP contribution in [-0.2, 0) is 6.42 Å². The molecule has 2 rings (SSSR count). The molecule has 0 aliphatic heterocycles. The normalized spacial score (nSPS) is 11.1. The number of thiophene rings is 2. The molecule has 0 spiro atoms. The molecule has 0 N–H and O–H groups in total. The molecule has 2 aromatic heterocycles. The van der Waals surface area contributed by atoms with Gasteiger partial charge in [0.1, 0.15) is 0 Å². The molecule has 2 aromatic rings. The van der Waals surface area contributed by atoms with Gasteiger partial charge in [-0.15, -0.1) is 11.3 Å². The molecule has 0 aromatic carbocycles. The van der Waals surface area contributed by atoms with Gasteiger partial charge in [-0.05, 0) is 41.8 Å². The molecule has 0 aliphatic carbocycles. The van der Waals surface area contributed by atoms with Gasteiger partial charge >= 0.3 is 0 Å². The van der Waals surface area contributed by atoms with Crippen molar-refractivity contribution in [2.24, 2.45) is 0 Å². The molecule has 0 nitrogen and oxygen atoms in total. The largest absolute Gasteiger partial charge is 0.152 e. The predicted molar refractivity (Wildman–Crippen MR) is 103 cm³/mol. The van der Waals surface area contributed by atoms with E-state index in [9.17, 15) is 0 Å². The van der Waals surface area contributed by atoms with Crippen molar-refractivity contribution >= 4 is 22.7 Å². The van der Waals surface area contributed by atoms with E-state index in [1.165, 1.54) is 81.1 Å². The highest BCUT2D eigenvalue weighted by Crippen LogP contribution is 2.30. The van der Waals surface area contributed by atoms with Crippen molar-refractivity contribution in [2.45, 2.75) is 77.6 Å². The second kappa shape index (κ2) is 11.0. The van der Waals surface area contributed by atoms with Crippen LogP contribution in [0.5, 0.6) is 0 Å². The SMILES string of the molecule is CCCCCCCCCCCCc1ccc(-c2ccsc2)s1. The summed E-state index contributed by atoms with van der Waals surface area (Å²) in [4.78, 5) is 2.99. The number of hydrogen-bond acceptors (Lipinski definition) is 2. The molecule has 22 heavy (non-hydrogen) atoms. The zero-order chi connectivity index (χ0) is 15.5. The lowest BCUT2D eigenvalue weighted by atomic mass is 10.1. The Labute approximate surface area is 144 Å². The van der Waals surface area contributed by atoms with Gasteiger partial charge in [-0.3, -0.25) is 0 Å². The fraction of sp³-hybridized carbons (Fsp3) is 0.600. The topological polar surface area (TPSA) is 0 Å². The zero-order valence-corrected chi connectivity index (χ0v) is 15.6. The fourth-order valence-electron chi connectivity index (χ4n) is 2.86. The molecule has 0 aliphatic rings. The first kappa shape index (κ1) is 17.7. The van der Waals surface area contributed by atoms with E-state index in [4.69, 9.17) is 0 Å². The molecule has 0 bridgehead atoms. The van der Waals surface area contributed by atoms with Crippen LogP contribution < -0.4 is 0 Å². The van der Waals surface area contributed by atoms with Gasteiger partial charge in [0.15, 0.2) is 0 Å². The zero-order valence-electron chi connectivity index (χ0n) is 14.0. The molecule has 0 unspecified atom stereocenters. The molecule has 0 saturated heterocycles. The predicted octanol–water partition coefficient (Wildman–Crippen LogP) is 7.94. The van der Waals surface area contributed by atoms with Crippen LogP contribution in [0.4, 0.5) is 0 Å². The quantitative estimate of drug-likeness (QED) is 0.345. The molecular formula is C20H30S2. The lowest BCUT2D eigenvalue weighted by Gasteiger charge is -2.02. The van der Waals surface area contributed by atoms with E-state index in [0.717, 1.165) is 0 Å². The van der Waals surface area contributed by atoms with Crippen LogP contribution >= 0.6 is 22.7 Å². The van der Waals surface area contributed by atoms with Gasteiger partial charge in [0.05, 0.1) is 0 Å². The van der Waals surface area contributed by atoms with E-state index < -0.39 is 0 Å². The van der Waals surface area contributed by atoms with Gasteiger partial charge in [0.2, 0.25) is 0 Å². The molecule has 0 amide bonds. The van der Waals surface area contributed by atoms with E-state index in [1.807, 2.05) is 11.3 Å². The third kappa shape index (κ3) is 6.66. The lowest BCUT2D eigenvalue weighted by Crippen LogP contribution is -1.84. The Morgan fingerprint density at radius 1 is 0.773 bits per heavy atom. The van der Waals surface area contributed by atoms with E-state index >= 15 is 0 Å². The maximum atomic E-state index is 2.32. The average molecular weight is 335 g/mol. The van der Waals surface area contributed by atoms with Crippen LogP contribution in [0.1, 0.15) is 76.0 Å². The molecule has 122 valence electrons. The number of rotatable bonds is 12. The van der Waals surface area contributed by atoms with E-state index in [0.29, 0.717) is 0 Å². The summed E-state index contributed by atoms with van der Waals surface area (Å²) in [7, 11) is 0. The minimum atomic E-state index is 1.27. The molecule has 0 atom stereocenters. The first-order valence-corrected chi connectivity index (χ1v) is 10.8. The third-order valence-corrected chi connectivity index (χ3v) is 6.12. The van der Waals surface area contributed by atoms with Crippen LogP contribution in [-0.4, -0.2) is 0 Å². The summed E-state index contributed by atoms with van der Waals surface area (Å²) in [5.41, 5.74) is 1.39. The van der Waals surface area contributed by atoms with Gasteiger partial charge in [-0.1, -0.05) is 64.7 Å². The second-order valence-corrected chi connectivity index (χ2v) is 8.16. The molecule has 2 heteroatoms. The summed E-state index contributed by atoms with van der Waals surface area (Å²) in [6.45, 7) is 2.29. The number of hydrogen-bond donors (Lipinski definition) is 0. The van der Waals surface area contributed by atoms with Crippen molar-refractivity contribution in [3.8, 4) is 10.4 Å². The van der Waals surface area contributed by atoms with Gasteiger partial charge in [-0.25, -0.2) is 0 Å². The Morgan fingerprint density at radius 2 is 1.45 bits per heavy atom. The van der Waals surface area contributed by atoms with Gasteiger partial charge in [-0.2, -0.15) is 11.3 Å². The van der Waals surface area contributed by atoms with Crippen molar-refractivity contribution in [3.05, 3.63) is 33.8 Å². The van der Waals surface area contributed by atoms with Crippen molar-refractivity contribution < 1.29 is 0 Å². The van der Waals surface area contributed by atoms with Crippen LogP contribution in [0.3, 0.4) is 0 Å². The van der Waals surface area contributed by atoms with E-state index in [-0.39, 0.29) is 0 Å². The van der Waals surface area contributed by atoms with Crippen molar-refractivity contribution in [1.82, 2.24) is 0 Å². The highest BCUT2D eigenvalue weighted by molar-refractivity contribution is 7.16. The second-order valence-electron chi connectivity index (χ2n) is 6.21. The van der Waals surface area contributed by atoms with Crippen LogP contribution in [0.25, 0.3) is 10.4 Å². The van der Waals surface area contributed by atoms with Crippen LogP contribution in [0.2, 0.25) is 0 Å². The lowest BCUT2D eigenvalue weighted by molar-refractivity contribution is 0.557. The molecule has 2 heterocycles. The minimum Gasteiger partial charge on any atom is -0.152 e. The first-order chi connectivity index (χ1) is 10.9. The van der Waals surface area contributed by atoms with Gasteiger partial charge < -0.3 is 0 Å². The molecule has 0 radical (unpaired) electrons. The minimum absolute atomic E-state index is 1.27. The maximum Gasteiger partial charge on any atom is 0.0353 e. The Morgan fingerprint density at radius 3 is 2.09 bits per heavy atom. The Hall–Kier alpha value is -0.600. The maximum absolute atomic E-state index is 2.32. The van der Waals surface area contributed by atoms with Crippen molar-refractivity contribution in [3.63, 3.8) is 0 Å². The fourth-order valence-corrected chi connectivity index (χ4v) is 4.64. The molecule has 0 saturated carbocycles. The highest BCUT2D eigenvalue weighted by Gasteiger charge is 2.03. The van der Waals surface area contributed by atoms with Crippen LogP contribution in [0, 0.1) is 0 Å². The standard InChI is InChI=1S/C20H30S2/c1-2-3-4-5-6-7-8-9-10-11-12-19-13-14-20(22-19)18-15-16-21-17-18/h13-17H,2-12H2,1H3. The van der Waals surface area contributed by atoms with Crippen LogP contribution in [0.15, 0.2) is 29.0 Å². The third-order valence-electron chi connectivity index (χ3n) is 4.24. The van der Waals surface area contributed by atoms with Crippen molar-refractivity contribution in [2.75, 3.05) is 0 Å². The Balaban J connectivity index is 1.49. The monoisotopic (exact) mass is 334 g/mol. The Bertz CT molecular complexity index is 482. The Kier molecular flexibility index (Phi) is 8.89. The van der Waals surface area contributed by atoms with Crippen molar-refractivity contribution in [1.29, 1.82) is 0 Å². The number of aryl methyl sites for hydroxylation is 1. The summed E-state index contributed by atoms with van der Waals surface area (Å²) in [5, 5.41) is 4.41. The van der Waals surface area contributed by atoms with E-state index in [2.05, 4.69) is 35.9 Å². The van der Waals surface area contributed by atoms with Gasteiger partial charge in [0, 0.05) is 15.3 Å². The van der Waals surface area contributed by atoms with E-state index in [1.54, 1.807) is 16.2 Å². The summed E-state index contributed by atoms with van der Waals surface area (Å²) in [6.07, 6.45) is 15.5. The highest BCUT2D eigenvalue weighted by atomic mass is 32.1. The molecule has 0 fully saturated rings. The average Bonchev–Trinajstić information content (AvgIpc) is 3.19. The summed E-state index contributed by atoms with van der Waals surface area (Å²) in [6, 6.07) is 6.84. The first-order valence-electron chi connectivity index (χ1n) is 9.01. The molecular weight excluding hydrogens is 304 g/mol. The smallest absolute Gasteiger partial charge is 0.0353 e. The summed E-state index contributed by atoms with van der Waals surface area (Å²) >= 11 is 3.76. The number of unbranched alkanes of at least 4 members (excludes halogenated alkanes) is 9.